The van der Waals surface area contributed by atoms with Crippen LogP contribution in [0.5, 0.6) is 0 Å². The third kappa shape index (κ3) is 3.37. The fourth-order valence-corrected chi connectivity index (χ4v) is 3.98. The number of benzene rings is 1. The first-order valence-electron chi connectivity index (χ1n) is 9.82. The first-order valence-corrected chi connectivity index (χ1v) is 9.82. The van der Waals surface area contributed by atoms with Crippen LogP contribution in [0.3, 0.4) is 0 Å². The van der Waals surface area contributed by atoms with Gasteiger partial charge in [-0.15, -0.1) is 0 Å². The van der Waals surface area contributed by atoms with Gasteiger partial charge in [0.2, 0.25) is 0 Å². The molecule has 1 aliphatic heterocycles. The Bertz CT molecular complexity index is 993. The maximum atomic E-state index is 12.3. The molecule has 0 amide bonds. The first kappa shape index (κ1) is 17.8. The van der Waals surface area contributed by atoms with Crippen molar-refractivity contribution in [1.82, 2.24) is 9.88 Å². The molecule has 1 aromatic heterocycles. The van der Waals surface area contributed by atoms with Gasteiger partial charge in [-0.25, -0.2) is 0 Å². The first-order chi connectivity index (χ1) is 13.2. The second-order valence-corrected chi connectivity index (χ2v) is 7.24. The monoisotopic (exact) mass is 366 g/mol. The van der Waals surface area contributed by atoms with Crippen LogP contribution in [0.1, 0.15) is 26.2 Å². The second kappa shape index (κ2) is 7.56. The van der Waals surface area contributed by atoms with E-state index in [0.717, 1.165) is 42.8 Å². The van der Waals surface area contributed by atoms with Gasteiger partial charge in [0.1, 0.15) is 11.4 Å². The number of aromatic amines is 1. The number of piperidine rings is 1. The van der Waals surface area contributed by atoms with E-state index in [0.29, 0.717) is 17.9 Å². The quantitative estimate of drug-likeness (QED) is 0.630. The van der Waals surface area contributed by atoms with Crippen LogP contribution >= 0.6 is 0 Å². The molecular weight excluding hydrogens is 340 g/mol. The zero-order valence-corrected chi connectivity index (χ0v) is 15.8. The lowest BCUT2D eigenvalue weighted by Crippen LogP contribution is -2.45. The number of H-pyrrole nitrogens is 1. The summed E-state index contributed by atoms with van der Waals surface area (Å²) in [5, 5.41) is 4.21. The van der Waals surface area contributed by atoms with Gasteiger partial charge in [-0.3, -0.25) is 9.59 Å². The molecule has 0 bridgehead atoms. The molecule has 0 radical (unpaired) electrons. The predicted molar refractivity (Wildman–Crippen MR) is 111 cm³/mol. The summed E-state index contributed by atoms with van der Waals surface area (Å²) in [7, 11) is 0. The molecule has 6 heteroatoms. The Morgan fingerprint density at radius 3 is 2.67 bits per heavy atom. The van der Waals surface area contributed by atoms with Crippen molar-refractivity contribution in [3.63, 3.8) is 0 Å². The molecule has 0 aliphatic carbocycles. The summed E-state index contributed by atoms with van der Waals surface area (Å²) in [5.41, 5.74) is 1.98. The summed E-state index contributed by atoms with van der Waals surface area (Å²) >= 11 is 0. The fraction of sp³-hybridized carbons (Fsp3) is 0.429. The Morgan fingerprint density at radius 2 is 1.89 bits per heavy atom. The molecule has 142 valence electrons. The Labute approximate surface area is 158 Å². The summed E-state index contributed by atoms with van der Waals surface area (Å²) in [6.07, 6.45) is 5.65. The molecule has 0 spiro atoms. The lowest BCUT2D eigenvalue weighted by molar-refractivity contribution is 0.233. The van der Waals surface area contributed by atoms with Crippen LogP contribution in [-0.2, 0) is 0 Å². The number of hydrogen-bond acceptors (Lipinski definition) is 5. The normalized spacial score (nSPS) is 15.4. The van der Waals surface area contributed by atoms with Crippen molar-refractivity contribution in [2.75, 3.05) is 42.9 Å². The van der Waals surface area contributed by atoms with Crippen molar-refractivity contribution < 1.29 is 0 Å². The molecule has 1 fully saturated rings. The molecule has 1 aliphatic rings. The van der Waals surface area contributed by atoms with Gasteiger partial charge >= 0.3 is 0 Å². The molecule has 1 saturated heterocycles. The van der Waals surface area contributed by atoms with Crippen LogP contribution in [0.15, 0.2) is 40.1 Å². The minimum atomic E-state index is -0.424. The highest BCUT2D eigenvalue weighted by Gasteiger charge is 2.26. The molecule has 6 nitrogen and oxygen atoms in total. The van der Waals surface area contributed by atoms with E-state index in [9.17, 15) is 9.59 Å². The number of para-hydroxylation sites is 1. The average Bonchev–Trinajstić information content (AvgIpc) is 3.13. The lowest BCUT2D eigenvalue weighted by atomic mass is 10.1. The molecule has 27 heavy (non-hydrogen) atoms. The van der Waals surface area contributed by atoms with Gasteiger partial charge in [-0.2, -0.15) is 0 Å². The van der Waals surface area contributed by atoms with E-state index in [4.69, 9.17) is 0 Å². The Hall–Kier alpha value is -2.60. The van der Waals surface area contributed by atoms with Crippen molar-refractivity contribution in [2.24, 2.45) is 0 Å². The van der Waals surface area contributed by atoms with Crippen LogP contribution in [0.25, 0.3) is 10.9 Å². The Balaban J connectivity index is 1.53. The van der Waals surface area contributed by atoms with Crippen LogP contribution in [0, 0.1) is 0 Å². The molecule has 0 unspecified atom stereocenters. The summed E-state index contributed by atoms with van der Waals surface area (Å²) < 4.78 is 0. The lowest BCUT2D eigenvalue weighted by Gasteiger charge is -2.31. The van der Waals surface area contributed by atoms with E-state index in [-0.39, 0.29) is 5.43 Å². The molecular formula is C21H26N4O2. The number of likely N-dealkylation sites (tertiary alicyclic amines) is 1. The third-order valence-corrected chi connectivity index (χ3v) is 5.57. The molecule has 0 saturated carbocycles. The molecule has 3 aromatic rings. The van der Waals surface area contributed by atoms with E-state index in [1.165, 1.54) is 19.3 Å². The molecule has 2 N–H and O–H groups in total. The van der Waals surface area contributed by atoms with E-state index < -0.39 is 5.43 Å². The molecule has 2 heterocycles. The number of anilines is 3. The Morgan fingerprint density at radius 1 is 1.11 bits per heavy atom. The van der Waals surface area contributed by atoms with Gasteiger partial charge in [-0.1, -0.05) is 24.6 Å². The summed E-state index contributed by atoms with van der Waals surface area (Å²) in [6, 6.07) is 7.90. The van der Waals surface area contributed by atoms with Gasteiger partial charge in [-0.05, 0) is 38.9 Å². The SMILES string of the molecule is CCN(CCN1CCCCC1)c1c(Nc2c[nH]c3ccccc23)c(=O)c1=O. The largest absolute Gasteiger partial charge is 0.365 e. The standard InChI is InChI=1S/C21H26N4O2/c1-2-25(13-12-24-10-6-3-7-11-24)19-18(20(26)21(19)27)23-17-14-22-16-9-5-4-8-15(16)17/h4-5,8-9,14,22-23H,2-3,6-7,10-13H2,1H3. The van der Waals surface area contributed by atoms with E-state index in [1.54, 1.807) is 0 Å². The Kier molecular flexibility index (Phi) is 4.99. The van der Waals surface area contributed by atoms with Crippen LogP contribution in [0.4, 0.5) is 17.1 Å². The van der Waals surface area contributed by atoms with Crippen LogP contribution in [-0.4, -0.2) is 42.6 Å². The third-order valence-electron chi connectivity index (χ3n) is 5.57. The fourth-order valence-electron chi connectivity index (χ4n) is 3.98. The maximum absolute atomic E-state index is 12.3. The van der Waals surface area contributed by atoms with Gasteiger partial charge in [0.05, 0.1) is 5.69 Å². The number of nitrogens with one attached hydrogen (secondary N) is 2. The van der Waals surface area contributed by atoms with Crippen molar-refractivity contribution in [2.45, 2.75) is 26.2 Å². The van der Waals surface area contributed by atoms with Crippen molar-refractivity contribution in [3.05, 3.63) is 50.9 Å². The molecule has 2 aromatic carbocycles. The zero-order valence-electron chi connectivity index (χ0n) is 15.8. The topological polar surface area (TPSA) is 68.4 Å². The molecule has 4 rings (SSSR count). The van der Waals surface area contributed by atoms with E-state index >= 15 is 0 Å². The second-order valence-electron chi connectivity index (χ2n) is 7.24. The summed E-state index contributed by atoms with van der Waals surface area (Å²) in [4.78, 5) is 32.2. The van der Waals surface area contributed by atoms with E-state index in [2.05, 4.69) is 15.2 Å². The highest BCUT2D eigenvalue weighted by molar-refractivity contribution is 5.95. The zero-order chi connectivity index (χ0) is 18.8. The van der Waals surface area contributed by atoms with Gasteiger partial charge in [0, 0.05) is 36.7 Å². The minimum absolute atomic E-state index is 0.377. The number of hydrogen-bond donors (Lipinski definition) is 2. The van der Waals surface area contributed by atoms with Crippen LogP contribution in [0.2, 0.25) is 0 Å². The highest BCUT2D eigenvalue weighted by Crippen LogP contribution is 2.29. The number of likely N-dealkylation sites (N-methyl/N-ethyl adjacent to an activating group) is 1. The predicted octanol–water partition coefficient (Wildman–Crippen LogP) is 2.82. The average molecular weight is 366 g/mol. The van der Waals surface area contributed by atoms with Gasteiger partial charge in [0.25, 0.3) is 10.9 Å². The van der Waals surface area contributed by atoms with Crippen molar-refractivity contribution in [1.29, 1.82) is 0 Å². The van der Waals surface area contributed by atoms with Crippen LogP contribution < -0.4 is 21.1 Å². The summed E-state index contributed by atoms with van der Waals surface area (Å²) in [5.74, 6) is 0. The number of rotatable bonds is 7. The molecule has 0 atom stereocenters. The number of fused-ring (bicyclic) bond motifs is 1. The maximum Gasteiger partial charge on any atom is 0.253 e. The number of aromatic nitrogens is 1. The van der Waals surface area contributed by atoms with Gasteiger partial charge in [0.15, 0.2) is 0 Å². The minimum Gasteiger partial charge on any atom is -0.365 e. The number of nitrogens with zero attached hydrogens (tertiary/aromatic N) is 2. The smallest absolute Gasteiger partial charge is 0.253 e. The van der Waals surface area contributed by atoms with Crippen molar-refractivity contribution in [3.8, 4) is 0 Å². The highest BCUT2D eigenvalue weighted by atomic mass is 16.2. The van der Waals surface area contributed by atoms with E-state index in [1.807, 2.05) is 42.3 Å². The van der Waals surface area contributed by atoms with Crippen molar-refractivity contribution >= 4 is 28.0 Å². The summed E-state index contributed by atoms with van der Waals surface area (Å²) in [6.45, 7) is 6.70. The van der Waals surface area contributed by atoms with Gasteiger partial charge < -0.3 is 20.1 Å².